The van der Waals surface area contributed by atoms with Gasteiger partial charge in [0.25, 0.3) is 0 Å². The van der Waals surface area contributed by atoms with E-state index < -0.39 is 0 Å². The second-order valence-corrected chi connectivity index (χ2v) is 6.21. The molecule has 1 aliphatic heterocycles. The molecule has 1 aromatic heterocycles. The second kappa shape index (κ2) is 6.47. The van der Waals surface area contributed by atoms with Gasteiger partial charge >= 0.3 is 0 Å². The number of fused-ring (bicyclic) bond motifs is 1. The summed E-state index contributed by atoms with van der Waals surface area (Å²) in [6, 6.07) is 6.98. The number of halogens is 1. The van der Waals surface area contributed by atoms with Crippen molar-refractivity contribution >= 4 is 0 Å². The minimum atomic E-state index is -0.207. The van der Waals surface area contributed by atoms with E-state index in [1.807, 2.05) is 12.1 Å². The summed E-state index contributed by atoms with van der Waals surface area (Å²) in [5.74, 6) is 1.28. The topological polar surface area (TPSA) is 22.1 Å². The van der Waals surface area contributed by atoms with E-state index in [9.17, 15) is 4.39 Å². The highest BCUT2D eigenvalue weighted by atomic mass is 19.1. The zero-order valence-electron chi connectivity index (χ0n) is 13.2. The van der Waals surface area contributed by atoms with Gasteiger partial charge in [-0.2, -0.15) is 0 Å². The van der Waals surface area contributed by atoms with Crippen molar-refractivity contribution in [3.8, 4) is 16.9 Å². The maximum absolute atomic E-state index is 13.9. The van der Waals surface area contributed by atoms with Gasteiger partial charge in [-0.05, 0) is 48.9 Å². The summed E-state index contributed by atoms with van der Waals surface area (Å²) in [4.78, 5) is 4.14. The lowest BCUT2D eigenvalue weighted by Crippen LogP contribution is -2.25. The fourth-order valence-corrected chi connectivity index (χ4v) is 3.03. The van der Waals surface area contributed by atoms with Crippen LogP contribution in [0.15, 0.2) is 36.7 Å². The van der Waals surface area contributed by atoms with Gasteiger partial charge < -0.3 is 4.74 Å². The summed E-state index contributed by atoms with van der Waals surface area (Å²) >= 11 is 0. The molecule has 0 spiro atoms. The predicted octanol–water partition coefficient (Wildman–Crippen LogP) is 5.02. The first kappa shape index (κ1) is 15.0. The molecule has 3 heteroatoms. The van der Waals surface area contributed by atoms with E-state index in [2.05, 4.69) is 18.8 Å². The van der Waals surface area contributed by atoms with Crippen LogP contribution < -0.4 is 4.74 Å². The van der Waals surface area contributed by atoms with Crippen LogP contribution in [-0.2, 0) is 6.42 Å². The molecule has 116 valence electrons. The van der Waals surface area contributed by atoms with Gasteiger partial charge in [0, 0.05) is 23.5 Å². The molecule has 0 saturated heterocycles. The number of rotatable bonds is 4. The van der Waals surface area contributed by atoms with Crippen LogP contribution in [0.1, 0.15) is 38.7 Å². The quantitative estimate of drug-likeness (QED) is 0.791. The van der Waals surface area contributed by atoms with Crippen LogP contribution in [-0.4, -0.2) is 11.1 Å². The SMILES string of the molecule is CCC(C)C[C@H]1CCc2cc(F)cc(-c3cccnc3)c2O1. The Kier molecular flexibility index (Phi) is 4.41. The molecule has 0 fully saturated rings. The average molecular weight is 299 g/mol. The van der Waals surface area contributed by atoms with Gasteiger partial charge in [-0.25, -0.2) is 4.39 Å². The number of nitrogens with zero attached hydrogens (tertiary/aromatic N) is 1. The highest BCUT2D eigenvalue weighted by Crippen LogP contribution is 2.39. The van der Waals surface area contributed by atoms with Crippen molar-refractivity contribution in [2.45, 2.75) is 45.6 Å². The van der Waals surface area contributed by atoms with Gasteiger partial charge in [-0.3, -0.25) is 4.98 Å². The van der Waals surface area contributed by atoms with Gasteiger partial charge in [0.05, 0.1) is 6.10 Å². The summed E-state index contributed by atoms with van der Waals surface area (Å²) in [7, 11) is 0. The van der Waals surface area contributed by atoms with Crippen LogP contribution in [0.4, 0.5) is 4.39 Å². The normalized spacial score (nSPS) is 18.4. The maximum Gasteiger partial charge on any atom is 0.130 e. The van der Waals surface area contributed by atoms with Gasteiger partial charge in [0.1, 0.15) is 11.6 Å². The van der Waals surface area contributed by atoms with Gasteiger partial charge in [-0.1, -0.05) is 26.3 Å². The Morgan fingerprint density at radius 3 is 3.00 bits per heavy atom. The molecular formula is C19H22FNO. The molecule has 2 nitrogen and oxygen atoms in total. The minimum Gasteiger partial charge on any atom is -0.489 e. The van der Waals surface area contributed by atoms with Crippen molar-refractivity contribution in [2.24, 2.45) is 5.92 Å². The molecule has 0 saturated carbocycles. The van der Waals surface area contributed by atoms with E-state index in [1.54, 1.807) is 24.5 Å². The van der Waals surface area contributed by atoms with Gasteiger partial charge in [0.15, 0.2) is 0 Å². The van der Waals surface area contributed by atoms with E-state index in [0.29, 0.717) is 5.92 Å². The lowest BCUT2D eigenvalue weighted by molar-refractivity contribution is 0.145. The molecule has 0 amide bonds. The standard InChI is InChI=1S/C19H22FNO/c1-3-13(2)9-17-7-6-14-10-16(20)11-18(19(14)22-17)15-5-4-8-21-12-15/h4-5,8,10-13,17H,3,6-7,9H2,1-2H3/t13?,17-/m1/s1. The number of aromatic nitrogens is 1. The third-order valence-corrected chi connectivity index (χ3v) is 4.49. The van der Waals surface area contributed by atoms with Crippen LogP contribution >= 0.6 is 0 Å². The number of hydrogen-bond donors (Lipinski definition) is 0. The molecular weight excluding hydrogens is 277 g/mol. The highest BCUT2D eigenvalue weighted by molar-refractivity contribution is 5.72. The molecule has 22 heavy (non-hydrogen) atoms. The first-order chi connectivity index (χ1) is 10.7. The van der Waals surface area contributed by atoms with Crippen LogP contribution in [0, 0.1) is 11.7 Å². The van der Waals surface area contributed by atoms with E-state index in [0.717, 1.165) is 48.1 Å². The molecule has 2 heterocycles. The Morgan fingerprint density at radius 1 is 1.41 bits per heavy atom. The third-order valence-electron chi connectivity index (χ3n) is 4.49. The summed E-state index contributed by atoms with van der Waals surface area (Å²) in [6.45, 7) is 4.46. The average Bonchev–Trinajstić information content (AvgIpc) is 2.55. The van der Waals surface area contributed by atoms with Gasteiger partial charge in [0.2, 0.25) is 0 Å². The number of pyridine rings is 1. The molecule has 1 aromatic carbocycles. The first-order valence-corrected chi connectivity index (χ1v) is 8.06. The number of aryl methyl sites for hydroxylation is 1. The van der Waals surface area contributed by atoms with Crippen LogP contribution in [0.25, 0.3) is 11.1 Å². The monoisotopic (exact) mass is 299 g/mol. The number of hydrogen-bond acceptors (Lipinski definition) is 2. The Bertz CT molecular complexity index is 641. The molecule has 2 atom stereocenters. The molecule has 0 aliphatic carbocycles. The van der Waals surface area contributed by atoms with E-state index in [-0.39, 0.29) is 11.9 Å². The zero-order valence-corrected chi connectivity index (χ0v) is 13.2. The Labute approximate surface area is 131 Å². The minimum absolute atomic E-state index is 0.207. The number of benzene rings is 1. The summed E-state index contributed by atoms with van der Waals surface area (Å²) in [5.41, 5.74) is 2.69. The Hall–Kier alpha value is -1.90. The summed E-state index contributed by atoms with van der Waals surface area (Å²) < 4.78 is 20.2. The largest absolute Gasteiger partial charge is 0.489 e. The fourth-order valence-electron chi connectivity index (χ4n) is 3.03. The van der Waals surface area contributed by atoms with Crippen LogP contribution in [0.3, 0.4) is 0 Å². The summed E-state index contributed by atoms with van der Waals surface area (Å²) in [6.07, 6.45) is 7.77. The van der Waals surface area contributed by atoms with Crippen molar-refractivity contribution in [1.82, 2.24) is 4.98 Å². The van der Waals surface area contributed by atoms with E-state index in [1.165, 1.54) is 0 Å². The van der Waals surface area contributed by atoms with Crippen molar-refractivity contribution in [1.29, 1.82) is 0 Å². The molecule has 0 radical (unpaired) electrons. The summed E-state index contributed by atoms with van der Waals surface area (Å²) in [5, 5.41) is 0. The molecule has 1 aliphatic rings. The fraction of sp³-hybridized carbons (Fsp3) is 0.421. The van der Waals surface area contributed by atoms with Gasteiger partial charge in [-0.15, -0.1) is 0 Å². The molecule has 3 rings (SSSR count). The first-order valence-electron chi connectivity index (χ1n) is 8.06. The van der Waals surface area contributed by atoms with Crippen molar-refractivity contribution in [3.05, 3.63) is 48.0 Å². The van der Waals surface area contributed by atoms with E-state index >= 15 is 0 Å². The highest BCUT2D eigenvalue weighted by Gasteiger charge is 2.25. The van der Waals surface area contributed by atoms with Crippen molar-refractivity contribution < 1.29 is 9.13 Å². The lowest BCUT2D eigenvalue weighted by atomic mass is 9.92. The predicted molar refractivity (Wildman–Crippen MR) is 86.4 cm³/mol. The lowest BCUT2D eigenvalue weighted by Gasteiger charge is -2.29. The Morgan fingerprint density at radius 2 is 2.27 bits per heavy atom. The molecule has 2 aromatic rings. The van der Waals surface area contributed by atoms with Crippen LogP contribution in [0.2, 0.25) is 0 Å². The molecule has 0 N–H and O–H groups in total. The zero-order chi connectivity index (χ0) is 15.5. The van der Waals surface area contributed by atoms with Crippen molar-refractivity contribution in [2.75, 3.05) is 0 Å². The molecule has 1 unspecified atom stereocenters. The smallest absolute Gasteiger partial charge is 0.130 e. The van der Waals surface area contributed by atoms with E-state index in [4.69, 9.17) is 4.74 Å². The van der Waals surface area contributed by atoms with Crippen molar-refractivity contribution in [3.63, 3.8) is 0 Å². The van der Waals surface area contributed by atoms with Crippen LogP contribution in [0.5, 0.6) is 5.75 Å². The Balaban J connectivity index is 1.95. The third kappa shape index (κ3) is 3.13. The maximum atomic E-state index is 13.9. The number of ether oxygens (including phenoxy) is 1. The molecule has 0 bridgehead atoms. The second-order valence-electron chi connectivity index (χ2n) is 6.21.